The van der Waals surface area contributed by atoms with Crippen LogP contribution in [0.15, 0.2) is 24.4 Å². The summed E-state index contributed by atoms with van der Waals surface area (Å²) in [4.78, 5) is 5.89. The second-order valence-electron chi connectivity index (χ2n) is 7.37. The van der Waals surface area contributed by atoms with E-state index in [1.807, 2.05) is 0 Å². The number of hydrogen-bond acceptors (Lipinski definition) is 6. The van der Waals surface area contributed by atoms with E-state index < -0.39 is 42.1 Å². The molecule has 1 fully saturated rings. The lowest BCUT2D eigenvalue weighted by Crippen LogP contribution is -2.63. The first-order valence-electron chi connectivity index (χ1n) is 9.33. The van der Waals surface area contributed by atoms with Crippen molar-refractivity contribution in [3.05, 3.63) is 41.6 Å². The minimum atomic E-state index is -2.98. The Bertz CT molecular complexity index is 892. The molecule has 10 heteroatoms. The number of nitrogens with two attached hydrogens (primary N) is 1. The third-order valence-corrected chi connectivity index (χ3v) is 5.36. The van der Waals surface area contributed by atoms with E-state index >= 15 is 0 Å². The first kappa shape index (κ1) is 22.3. The quantitative estimate of drug-likeness (QED) is 0.611. The van der Waals surface area contributed by atoms with E-state index in [9.17, 15) is 27.8 Å². The summed E-state index contributed by atoms with van der Waals surface area (Å²) in [6.45, 7) is -0.00943. The number of aromatic nitrogens is 1. The highest BCUT2D eigenvalue weighted by molar-refractivity contribution is 5.65. The summed E-state index contributed by atoms with van der Waals surface area (Å²) in [5.41, 5.74) is 5.73. The molecular weight excluding hydrogens is 406 g/mol. The van der Waals surface area contributed by atoms with Gasteiger partial charge in [0.15, 0.2) is 17.4 Å². The predicted octanol–water partition coefficient (Wildman–Crippen LogP) is 2.45. The van der Waals surface area contributed by atoms with Crippen LogP contribution in [0.4, 0.5) is 23.2 Å². The molecule has 1 aliphatic rings. The van der Waals surface area contributed by atoms with Crippen molar-refractivity contribution in [2.45, 2.75) is 37.5 Å². The third-order valence-electron chi connectivity index (χ3n) is 5.36. The molecule has 1 saturated heterocycles. The van der Waals surface area contributed by atoms with E-state index in [-0.39, 0.29) is 24.2 Å². The fraction of sp³-hybridized carbons (Fsp3) is 0.450. The van der Waals surface area contributed by atoms with Gasteiger partial charge >= 0.3 is 0 Å². The van der Waals surface area contributed by atoms with Crippen LogP contribution in [0.3, 0.4) is 0 Å². The van der Waals surface area contributed by atoms with Gasteiger partial charge in [0.05, 0.1) is 36.8 Å². The molecule has 1 aromatic carbocycles. The number of pyridine rings is 1. The fourth-order valence-electron chi connectivity index (χ4n) is 3.77. The van der Waals surface area contributed by atoms with Gasteiger partial charge in [-0.1, -0.05) is 0 Å². The van der Waals surface area contributed by atoms with Crippen LogP contribution in [0.25, 0.3) is 11.3 Å². The number of hydrogen-bond donors (Lipinski definition) is 3. The summed E-state index contributed by atoms with van der Waals surface area (Å²) in [7, 11) is 1.15. The Morgan fingerprint density at radius 3 is 2.50 bits per heavy atom. The molecule has 0 aliphatic carbocycles. The number of methoxy groups -OCH3 is 1. The Balaban J connectivity index is 1.93. The number of nitrogens with zero attached hydrogens (tertiary/aromatic N) is 2. The number of anilines is 1. The van der Waals surface area contributed by atoms with Gasteiger partial charge in [0.25, 0.3) is 6.43 Å². The molecule has 2 atom stereocenters. The van der Waals surface area contributed by atoms with Crippen molar-refractivity contribution in [2.75, 3.05) is 25.1 Å². The zero-order chi connectivity index (χ0) is 22.1. The number of halogens is 4. The third kappa shape index (κ3) is 4.21. The first-order chi connectivity index (χ1) is 14.2. The van der Waals surface area contributed by atoms with Gasteiger partial charge in [0, 0.05) is 24.2 Å². The topological polar surface area (TPSA) is 91.8 Å². The number of alkyl halides is 2. The summed E-state index contributed by atoms with van der Waals surface area (Å²) in [6.07, 6.45) is -2.90. The van der Waals surface area contributed by atoms with Crippen LogP contribution in [-0.2, 0) is 6.61 Å². The predicted molar refractivity (Wildman–Crippen MR) is 102 cm³/mol. The summed E-state index contributed by atoms with van der Waals surface area (Å²) in [5, 5.41) is 19.7. The molecule has 3 rings (SSSR count). The number of aliphatic hydroxyl groups excluding tert-OH is 2. The van der Waals surface area contributed by atoms with Crippen molar-refractivity contribution in [3.8, 4) is 17.0 Å². The Labute approximate surface area is 170 Å². The maximum absolute atomic E-state index is 14.0. The van der Waals surface area contributed by atoms with Crippen LogP contribution in [-0.4, -0.2) is 53.5 Å². The average Bonchev–Trinajstić information content (AvgIpc) is 2.72. The summed E-state index contributed by atoms with van der Waals surface area (Å²) in [6, 6.07) is 3.60. The smallest absolute Gasteiger partial charge is 0.265 e. The number of aliphatic hydroxyl groups is 2. The Hall–Kier alpha value is -2.43. The zero-order valence-corrected chi connectivity index (χ0v) is 16.3. The summed E-state index contributed by atoms with van der Waals surface area (Å²) in [5.74, 6) is -2.30. The highest BCUT2D eigenvalue weighted by Crippen LogP contribution is 2.33. The van der Waals surface area contributed by atoms with E-state index in [1.54, 1.807) is 4.90 Å². The van der Waals surface area contributed by atoms with Crippen molar-refractivity contribution in [1.29, 1.82) is 0 Å². The lowest BCUT2D eigenvalue weighted by Gasteiger charge is -2.44. The molecule has 0 radical (unpaired) electrons. The molecule has 2 unspecified atom stereocenters. The molecule has 0 bridgehead atoms. The minimum Gasteiger partial charge on any atom is -0.491 e. The minimum absolute atomic E-state index is 0.0572. The number of benzene rings is 1. The molecule has 0 amide bonds. The second-order valence-corrected chi connectivity index (χ2v) is 7.37. The lowest BCUT2D eigenvalue weighted by atomic mass is 9.84. The highest BCUT2D eigenvalue weighted by Gasteiger charge is 2.43. The SMILES string of the molecule is COc1c(F)cc(-c2cc(CO)c(N3CCCC(N)(C(O)C(F)F)C3)cn2)cc1F. The average molecular weight is 429 g/mol. The van der Waals surface area contributed by atoms with Gasteiger partial charge in [-0.25, -0.2) is 17.6 Å². The standard InChI is InChI=1S/C20H23F4N3O3/c1-30-17-13(21)5-11(6-14(17)22)15-7-12(9-28)16(8-26-15)27-4-2-3-20(25,10-27)18(29)19(23)24/h5-8,18-19,28-29H,2-4,9-10,25H2,1H3. The lowest BCUT2D eigenvalue weighted by molar-refractivity contribution is -0.0529. The van der Waals surface area contributed by atoms with E-state index in [0.717, 1.165) is 19.2 Å². The van der Waals surface area contributed by atoms with Crippen molar-refractivity contribution >= 4 is 5.69 Å². The van der Waals surface area contributed by atoms with Crippen LogP contribution < -0.4 is 15.4 Å². The Kier molecular flexibility index (Phi) is 6.49. The largest absolute Gasteiger partial charge is 0.491 e. The molecule has 0 spiro atoms. The molecule has 4 N–H and O–H groups in total. The number of piperidine rings is 1. The molecule has 164 valence electrons. The monoisotopic (exact) mass is 429 g/mol. The van der Waals surface area contributed by atoms with E-state index in [4.69, 9.17) is 5.73 Å². The molecule has 6 nitrogen and oxygen atoms in total. The van der Waals surface area contributed by atoms with Gasteiger partial charge < -0.3 is 25.6 Å². The van der Waals surface area contributed by atoms with Gasteiger partial charge in [0.1, 0.15) is 6.10 Å². The van der Waals surface area contributed by atoms with Gasteiger partial charge in [-0.3, -0.25) is 4.98 Å². The summed E-state index contributed by atoms with van der Waals surface area (Å²) < 4.78 is 58.8. The molecule has 1 aromatic heterocycles. The van der Waals surface area contributed by atoms with Crippen molar-refractivity contribution in [2.24, 2.45) is 5.73 Å². The molecule has 0 saturated carbocycles. The van der Waals surface area contributed by atoms with Crippen LogP contribution in [0.2, 0.25) is 0 Å². The highest BCUT2D eigenvalue weighted by atomic mass is 19.3. The molecule has 2 heterocycles. The zero-order valence-electron chi connectivity index (χ0n) is 16.3. The normalized spacial score (nSPS) is 20.5. The molecule has 2 aromatic rings. The molecule has 1 aliphatic heterocycles. The van der Waals surface area contributed by atoms with E-state index in [1.165, 1.54) is 12.3 Å². The van der Waals surface area contributed by atoms with Gasteiger partial charge in [-0.2, -0.15) is 0 Å². The first-order valence-corrected chi connectivity index (χ1v) is 9.33. The van der Waals surface area contributed by atoms with Crippen LogP contribution in [0, 0.1) is 11.6 Å². The van der Waals surface area contributed by atoms with Crippen LogP contribution in [0.5, 0.6) is 5.75 Å². The maximum Gasteiger partial charge on any atom is 0.265 e. The van der Waals surface area contributed by atoms with E-state index in [0.29, 0.717) is 24.2 Å². The second kappa shape index (κ2) is 8.75. The van der Waals surface area contributed by atoms with Gasteiger partial charge in [-0.15, -0.1) is 0 Å². The Morgan fingerprint density at radius 1 is 1.27 bits per heavy atom. The molecule has 30 heavy (non-hydrogen) atoms. The van der Waals surface area contributed by atoms with Crippen molar-refractivity contribution < 1.29 is 32.5 Å². The fourth-order valence-corrected chi connectivity index (χ4v) is 3.77. The van der Waals surface area contributed by atoms with E-state index in [2.05, 4.69) is 9.72 Å². The van der Waals surface area contributed by atoms with Crippen LogP contribution in [0.1, 0.15) is 18.4 Å². The number of ether oxygens (including phenoxy) is 1. The van der Waals surface area contributed by atoms with Gasteiger partial charge in [-0.05, 0) is 31.0 Å². The molecular formula is C20H23F4N3O3. The Morgan fingerprint density at radius 2 is 1.93 bits per heavy atom. The maximum atomic E-state index is 14.0. The van der Waals surface area contributed by atoms with Crippen molar-refractivity contribution in [1.82, 2.24) is 4.98 Å². The van der Waals surface area contributed by atoms with Crippen LogP contribution >= 0.6 is 0 Å². The van der Waals surface area contributed by atoms with Gasteiger partial charge in [0.2, 0.25) is 0 Å². The van der Waals surface area contributed by atoms with Crippen molar-refractivity contribution in [3.63, 3.8) is 0 Å². The summed E-state index contributed by atoms with van der Waals surface area (Å²) >= 11 is 0. The number of rotatable bonds is 6.